The molecular weight excluding hydrogens is 504 g/mol. The number of furan rings is 1. The highest BCUT2D eigenvalue weighted by Crippen LogP contribution is 2.33. The molecule has 2 fully saturated rings. The van der Waals surface area contributed by atoms with Crippen molar-refractivity contribution in [3.63, 3.8) is 0 Å². The lowest BCUT2D eigenvalue weighted by Crippen LogP contribution is -2.67. The molecule has 0 bridgehead atoms. The van der Waals surface area contributed by atoms with Crippen LogP contribution >= 0.6 is 0 Å². The van der Waals surface area contributed by atoms with Crippen LogP contribution in [0.15, 0.2) is 16.5 Å². The van der Waals surface area contributed by atoms with Crippen LogP contribution in [0.4, 0.5) is 26.3 Å². The fraction of sp³-hybridized carbons (Fsp3) is 0.667. The molecule has 2 saturated heterocycles. The molecule has 2 N–H and O–H groups in total. The second-order valence-corrected chi connectivity index (χ2v) is 8.23. The minimum absolute atomic E-state index is 0.274. The predicted molar refractivity (Wildman–Crippen MR) is 113 cm³/mol. The number of rotatable bonds is 3. The summed E-state index contributed by atoms with van der Waals surface area (Å²) in [5.74, 6) is -3.20. The molecule has 3 rings (SSSR count). The largest absolute Gasteiger partial charge is 0.490 e. The van der Waals surface area contributed by atoms with Gasteiger partial charge in [0.1, 0.15) is 17.1 Å². The van der Waals surface area contributed by atoms with Gasteiger partial charge in [-0.1, -0.05) is 0 Å². The molecule has 1 spiro atoms. The van der Waals surface area contributed by atoms with Crippen molar-refractivity contribution < 1.29 is 55.4 Å². The highest BCUT2D eigenvalue weighted by Gasteiger charge is 2.48. The van der Waals surface area contributed by atoms with E-state index in [2.05, 4.69) is 29.8 Å². The lowest BCUT2D eigenvalue weighted by molar-refractivity contribution is -0.193. The van der Waals surface area contributed by atoms with E-state index in [1.807, 2.05) is 17.9 Å². The van der Waals surface area contributed by atoms with E-state index < -0.39 is 24.3 Å². The molecule has 15 heteroatoms. The Morgan fingerprint density at radius 3 is 1.81 bits per heavy atom. The molecule has 1 amide bonds. The number of piperidine rings is 1. The number of halogens is 6. The van der Waals surface area contributed by atoms with Crippen molar-refractivity contribution in [3.8, 4) is 0 Å². The SMILES string of the molecule is CCN1CCN(C)C2(CCN(Cc3ccc(C)o3)CC2)C1=O.O=C(O)C(F)(F)F.O=C(O)C(F)(F)F. The average Bonchev–Trinajstić information content (AvgIpc) is 3.17. The van der Waals surface area contributed by atoms with Crippen molar-refractivity contribution in [2.45, 2.75) is 51.1 Å². The van der Waals surface area contributed by atoms with Gasteiger partial charge in [-0.3, -0.25) is 14.6 Å². The van der Waals surface area contributed by atoms with Crippen molar-refractivity contribution in [1.29, 1.82) is 0 Å². The smallest absolute Gasteiger partial charge is 0.475 e. The van der Waals surface area contributed by atoms with Gasteiger partial charge < -0.3 is 19.5 Å². The van der Waals surface area contributed by atoms with E-state index in [1.165, 1.54) is 0 Å². The Bertz CT molecular complexity index is 869. The summed E-state index contributed by atoms with van der Waals surface area (Å²) in [5.41, 5.74) is -0.274. The van der Waals surface area contributed by atoms with Gasteiger partial charge in [0.05, 0.1) is 6.54 Å². The number of carbonyl (C=O) groups excluding carboxylic acids is 1. The van der Waals surface area contributed by atoms with Gasteiger partial charge in [-0.25, -0.2) is 9.59 Å². The third-order valence-corrected chi connectivity index (χ3v) is 5.85. The average molecular weight is 533 g/mol. The molecule has 3 heterocycles. The number of aryl methyl sites for hydroxylation is 1. The standard InChI is InChI=1S/C17H27N3O2.2C2HF3O2/c1-4-20-12-11-18(3)17(16(20)21)7-9-19(10-8-17)13-15-6-5-14(2)22-15;2*3-2(4,5)1(6)7/h5-6H,4,7-13H2,1-3H3;2*(H,6,7). The summed E-state index contributed by atoms with van der Waals surface area (Å²) in [6.07, 6.45) is -8.34. The van der Waals surface area contributed by atoms with Crippen LogP contribution in [0.2, 0.25) is 0 Å². The van der Waals surface area contributed by atoms with Crippen molar-refractivity contribution in [3.05, 3.63) is 23.7 Å². The van der Waals surface area contributed by atoms with Crippen LogP contribution in [0, 0.1) is 6.92 Å². The van der Waals surface area contributed by atoms with Crippen molar-refractivity contribution in [1.82, 2.24) is 14.7 Å². The van der Waals surface area contributed by atoms with E-state index in [9.17, 15) is 31.1 Å². The first kappa shape index (κ1) is 31.2. The fourth-order valence-electron chi connectivity index (χ4n) is 3.81. The molecular formula is C21H29F6N3O6. The molecule has 1 aromatic heterocycles. The molecule has 0 atom stereocenters. The summed E-state index contributed by atoms with van der Waals surface area (Å²) in [7, 11) is 2.11. The summed E-state index contributed by atoms with van der Waals surface area (Å²) in [4.78, 5) is 37.4. The molecule has 0 aliphatic carbocycles. The Morgan fingerprint density at radius 2 is 1.44 bits per heavy atom. The normalized spacial score (nSPS) is 18.7. The fourth-order valence-corrected chi connectivity index (χ4v) is 3.81. The zero-order valence-electron chi connectivity index (χ0n) is 19.9. The van der Waals surface area contributed by atoms with E-state index in [4.69, 9.17) is 24.2 Å². The van der Waals surface area contributed by atoms with Gasteiger partial charge in [0.25, 0.3) is 0 Å². The molecule has 2 aliphatic rings. The lowest BCUT2D eigenvalue weighted by Gasteiger charge is -2.51. The number of amides is 1. The topological polar surface area (TPSA) is 115 Å². The quantitative estimate of drug-likeness (QED) is 0.571. The number of nitrogens with zero attached hydrogens (tertiary/aromatic N) is 3. The second-order valence-electron chi connectivity index (χ2n) is 8.23. The zero-order chi connectivity index (χ0) is 27.9. The number of carboxylic acids is 2. The highest BCUT2D eigenvalue weighted by molar-refractivity contribution is 5.87. The number of likely N-dealkylation sites (tertiary alicyclic amines) is 1. The number of alkyl halides is 6. The van der Waals surface area contributed by atoms with Crippen LogP contribution in [-0.4, -0.2) is 100 Å². The van der Waals surface area contributed by atoms with Gasteiger partial charge >= 0.3 is 24.3 Å². The first-order valence-corrected chi connectivity index (χ1v) is 10.8. The minimum Gasteiger partial charge on any atom is -0.475 e. The van der Waals surface area contributed by atoms with E-state index in [1.54, 1.807) is 0 Å². The lowest BCUT2D eigenvalue weighted by atomic mass is 9.82. The Kier molecular flexibility index (Phi) is 10.8. The highest BCUT2D eigenvalue weighted by atomic mass is 19.4. The van der Waals surface area contributed by atoms with Crippen LogP contribution in [0.5, 0.6) is 0 Å². The molecule has 206 valence electrons. The van der Waals surface area contributed by atoms with Crippen LogP contribution in [0.3, 0.4) is 0 Å². The molecule has 0 unspecified atom stereocenters. The minimum atomic E-state index is -5.08. The molecule has 36 heavy (non-hydrogen) atoms. The van der Waals surface area contributed by atoms with Gasteiger partial charge in [0.2, 0.25) is 5.91 Å². The Labute approximate surface area is 203 Å². The number of carboxylic acid groups (broad SMARTS) is 2. The molecule has 0 aromatic carbocycles. The van der Waals surface area contributed by atoms with Gasteiger partial charge in [0, 0.05) is 32.7 Å². The molecule has 2 aliphatic heterocycles. The van der Waals surface area contributed by atoms with Gasteiger partial charge in [-0.15, -0.1) is 0 Å². The van der Waals surface area contributed by atoms with Gasteiger partial charge in [0.15, 0.2) is 0 Å². The Hall–Kier alpha value is -2.81. The number of hydrogen-bond donors (Lipinski definition) is 2. The second kappa shape index (κ2) is 12.4. The van der Waals surface area contributed by atoms with Crippen LogP contribution < -0.4 is 0 Å². The maximum absolute atomic E-state index is 12.9. The molecule has 1 aromatic rings. The third-order valence-electron chi connectivity index (χ3n) is 5.85. The Morgan fingerprint density at radius 1 is 0.972 bits per heavy atom. The summed E-state index contributed by atoms with van der Waals surface area (Å²) >= 11 is 0. The van der Waals surface area contributed by atoms with Crippen molar-refractivity contribution in [2.75, 3.05) is 39.8 Å². The van der Waals surface area contributed by atoms with Crippen LogP contribution in [0.25, 0.3) is 0 Å². The summed E-state index contributed by atoms with van der Waals surface area (Å²) in [6, 6.07) is 4.06. The van der Waals surface area contributed by atoms with E-state index >= 15 is 0 Å². The van der Waals surface area contributed by atoms with E-state index in [0.29, 0.717) is 5.91 Å². The summed E-state index contributed by atoms with van der Waals surface area (Å²) < 4.78 is 69.1. The zero-order valence-corrected chi connectivity index (χ0v) is 19.9. The number of aliphatic carboxylic acids is 2. The molecule has 0 radical (unpaired) electrons. The Balaban J connectivity index is 0.000000383. The van der Waals surface area contributed by atoms with Gasteiger partial charge in [-0.2, -0.15) is 26.3 Å². The van der Waals surface area contributed by atoms with Gasteiger partial charge in [-0.05, 0) is 45.9 Å². The monoisotopic (exact) mass is 533 g/mol. The number of piperazine rings is 1. The van der Waals surface area contributed by atoms with Crippen molar-refractivity contribution in [2.24, 2.45) is 0 Å². The summed E-state index contributed by atoms with van der Waals surface area (Å²) in [5, 5.41) is 14.2. The third kappa shape index (κ3) is 8.69. The number of likely N-dealkylation sites (N-methyl/N-ethyl adjacent to an activating group) is 2. The van der Waals surface area contributed by atoms with Crippen LogP contribution in [0.1, 0.15) is 31.3 Å². The number of hydrogen-bond acceptors (Lipinski definition) is 6. The van der Waals surface area contributed by atoms with E-state index in [-0.39, 0.29) is 5.54 Å². The van der Waals surface area contributed by atoms with Crippen molar-refractivity contribution >= 4 is 17.8 Å². The predicted octanol–water partition coefficient (Wildman–Crippen LogP) is 2.98. The number of carbonyl (C=O) groups is 3. The maximum Gasteiger partial charge on any atom is 0.490 e. The summed E-state index contributed by atoms with van der Waals surface area (Å²) in [6.45, 7) is 9.47. The first-order valence-electron chi connectivity index (χ1n) is 10.8. The molecule has 9 nitrogen and oxygen atoms in total. The first-order chi connectivity index (χ1) is 16.4. The van der Waals surface area contributed by atoms with E-state index in [0.717, 1.165) is 63.6 Å². The molecule has 0 saturated carbocycles. The van der Waals surface area contributed by atoms with Crippen LogP contribution in [-0.2, 0) is 20.9 Å². The maximum atomic E-state index is 12.9.